The van der Waals surface area contributed by atoms with Crippen molar-refractivity contribution >= 4 is 33.5 Å². The third-order valence-electron chi connectivity index (χ3n) is 5.29. The Kier molecular flexibility index (Phi) is 4.54. The van der Waals surface area contributed by atoms with Crippen molar-refractivity contribution in [3.8, 4) is 0 Å². The molecule has 0 aliphatic heterocycles. The van der Waals surface area contributed by atoms with Gasteiger partial charge in [-0.25, -0.2) is 8.78 Å². The molecule has 4 rings (SSSR count). The predicted octanol–water partition coefficient (Wildman–Crippen LogP) is 7.93. The summed E-state index contributed by atoms with van der Waals surface area (Å²) in [7, 11) is 0. The molecule has 0 aliphatic carbocycles. The van der Waals surface area contributed by atoms with Crippen LogP contribution in [-0.4, -0.2) is 0 Å². The highest BCUT2D eigenvalue weighted by Gasteiger charge is 2.29. The molecule has 152 valence electrons. The minimum atomic E-state index is -0.524. The first kappa shape index (κ1) is 20.0. The number of rotatable bonds is 3. The van der Waals surface area contributed by atoms with E-state index in [-0.39, 0.29) is 16.3 Å². The fraction of sp³-hybridized carbons (Fsp3) is 0.333. The molecule has 0 unspecified atom stereocenters. The Morgan fingerprint density at radius 3 is 2.31 bits per heavy atom. The van der Waals surface area contributed by atoms with Crippen LogP contribution in [0.3, 0.4) is 0 Å². The molecule has 0 atom stereocenters. The Labute approximate surface area is 173 Å². The van der Waals surface area contributed by atoms with Gasteiger partial charge in [0.05, 0.1) is 10.4 Å². The van der Waals surface area contributed by atoms with Crippen LogP contribution in [0.15, 0.2) is 45.2 Å². The molecule has 2 aromatic heterocycles. The number of hydrogen-bond donors (Lipinski definition) is 0. The summed E-state index contributed by atoms with van der Waals surface area (Å²) in [4.78, 5) is 0. The number of fused-ring (bicyclic) bond motifs is 2. The van der Waals surface area contributed by atoms with Crippen LogP contribution >= 0.6 is 11.6 Å². The van der Waals surface area contributed by atoms with Gasteiger partial charge in [0.25, 0.3) is 0 Å². The first-order valence-corrected chi connectivity index (χ1v) is 9.94. The van der Waals surface area contributed by atoms with E-state index in [9.17, 15) is 4.39 Å². The maximum Gasteiger partial charge on any atom is 0.153 e. The first-order valence-electron chi connectivity index (χ1n) is 9.56. The summed E-state index contributed by atoms with van der Waals surface area (Å²) in [5.74, 6) is 0.674. The van der Waals surface area contributed by atoms with Gasteiger partial charge >= 0.3 is 0 Å². The second kappa shape index (κ2) is 6.60. The predicted molar refractivity (Wildman–Crippen MR) is 113 cm³/mol. The van der Waals surface area contributed by atoms with Crippen LogP contribution in [-0.2, 0) is 17.3 Å². The molecule has 2 heterocycles. The van der Waals surface area contributed by atoms with Gasteiger partial charge in [-0.3, -0.25) is 0 Å². The van der Waals surface area contributed by atoms with Crippen LogP contribution in [0.2, 0.25) is 5.02 Å². The molecular weight excluding hydrogens is 394 g/mol. The molecule has 2 aromatic carbocycles. The van der Waals surface area contributed by atoms with Crippen molar-refractivity contribution in [2.45, 2.75) is 51.9 Å². The second-order valence-corrected chi connectivity index (χ2v) is 9.70. The number of furan rings is 2. The van der Waals surface area contributed by atoms with Crippen LogP contribution in [0, 0.1) is 11.6 Å². The van der Waals surface area contributed by atoms with E-state index in [2.05, 4.69) is 0 Å². The van der Waals surface area contributed by atoms with Crippen molar-refractivity contribution in [3.05, 3.63) is 70.1 Å². The van der Waals surface area contributed by atoms with Gasteiger partial charge in [-0.1, -0.05) is 52.3 Å². The molecule has 0 fully saturated rings. The monoisotopic (exact) mass is 416 g/mol. The molecule has 0 bridgehead atoms. The Hall–Kier alpha value is -2.33. The van der Waals surface area contributed by atoms with E-state index >= 15 is 4.39 Å². The summed E-state index contributed by atoms with van der Waals surface area (Å²) in [6, 6.07) is 9.73. The zero-order chi connectivity index (χ0) is 21.1. The van der Waals surface area contributed by atoms with Crippen LogP contribution < -0.4 is 0 Å². The largest absolute Gasteiger partial charge is 0.460 e. The lowest BCUT2D eigenvalue weighted by molar-refractivity contribution is 0.394. The molecule has 0 saturated heterocycles. The molecule has 0 spiro atoms. The fourth-order valence-corrected chi connectivity index (χ4v) is 3.85. The van der Waals surface area contributed by atoms with Gasteiger partial charge < -0.3 is 8.83 Å². The zero-order valence-electron chi connectivity index (χ0n) is 17.1. The van der Waals surface area contributed by atoms with Crippen molar-refractivity contribution in [3.63, 3.8) is 0 Å². The van der Waals surface area contributed by atoms with Gasteiger partial charge in [0.1, 0.15) is 28.7 Å². The van der Waals surface area contributed by atoms with Crippen molar-refractivity contribution < 1.29 is 17.6 Å². The van der Waals surface area contributed by atoms with Crippen molar-refractivity contribution in [1.29, 1.82) is 0 Å². The average molecular weight is 417 g/mol. The van der Waals surface area contributed by atoms with E-state index in [4.69, 9.17) is 20.4 Å². The van der Waals surface area contributed by atoms with Crippen LogP contribution in [0.25, 0.3) is 21.9 Å². The Morgan fingerprint density at radius 1 is 0.897 bits per heavy atom. The minimum absolute atomic E-state index is 0.201. The normalized spacial score (nSPS) is 13.0. The number of benzene rings is 2. The molecule has 2 nitrogen and oxygen atoms in total. The highest BCUT2D eigenvalue weighted by atomic mass is 35.5. The minimum Gasteiger partial charge on any atom is -0.460 e. The summed E-state index contributed by atoms with van der Waals surface area (Å²) in [6.07, 6.45) is 0.407. The van der Waals surface area contributed by atoms with Gasteiger partial charge in [-0.15, -0.1) is 0 Å². The summed E-state index contributed by atoms with van der Waals surface area (Å²) in [5.41, 5.74) is 0.829. The Morgan fingerprint density at radius 2 is 1.62 bits per heavy atom. The lowest BCUT2D eigenvalue weighted by Gasteiger charge is -2.22. The van der Waals surface area contributed by atoms with E-state index in [0.29, 0.717) is 39.7 Å². The average Bonchev–Trinajstić information content (AvgIpc) is 3.22. The van der Waals surface area contributed by atoms with Crippen molar-refractivity contribution in [2.24, 2.45) is 0 Å². The Bertz CT molecular complexity index is 1230. The van der Waals surface area contributed by atoms with Crippen LogP contribution in [0.4, 0.5) is 8.78 Å². The van der Waals surface area contributed by atoms with Gasteiger partial charge in [0.2, 0.25) is 0 Å². The standard InChI is InChI=1S/C24H23ClF2O2/c1-23(2,3)19-11-16-18(28-19)7-6-13(21(16)27)12-24(4,5)20-9-14-8-15(26)10-17(25)22(14)29-20/h6-11H,12H2,1-5H3. The van der Waals surface area contributed by atoms with Crippen molar-refractivity contribution in [2.75, 3.05) is 0 Å². The van der Waals surface area contributed by atoms with E-state index < -0.39 is 11.2 Å². The van der Waals surface area contributed by atoms with Gasteiger partial charge in [-0.2, -0.15) is 0 Å². The van der Waals surface area contributed by atoms with E-state index in [1.165, 1.54) is 12.1 Å². The van der Waals surface area contributed by atoms with E-state index in [1.54, 1.807) is 18.2 Å². The van der Waals surface area contributed by atoms with Crippen LogP contribution in [0.1, 0.15) is 51.7 Å². The number of hydrogen-bond acceptors (Lipinski definition) is 2. The third kappa shape index (κ3) is 3.55. The molecule has 0 N–H and O–H groups in total. The van der Waals surface area contributed by atoms with E-state index in [1.807, 2.05) is 40.7 Å². The maximum absolute atomic E-state index is 15.3. The third-order valence-corrected chi connectivity index (χ3v) is 5.57. The molecule has 29 heavy (non-hydrogen) atoms. The fourth-order valence-electron chi connectivity index (χ4n) is 3.60. The molecule has 0 amide bonds. The van der Waals surface area contributed by atoms with E-state index in [0.717, 1.165) is 5.76 Å². The number of halogens is 3. The molecular formula is C24H23ClF2O2. The van der Waals surface area contributed by atoms with Crippen molar-refractivity contribution in [1.82, 2.24) is 0 Å². The molecule has 4 aromatic rings. The van der Waals surface area contributed by atoms with Gasteiger partial charge in [0, 0.05) is 16.2 Å². The molecule has 0 radical (unpaired) electrons. The summed E-state index contributed by atoms with van der Waals surface area (Å²) in [6.45, 7) is 10.0. The summed E-state index contributed by atoms with van der Waals surface area (Å²) in [5, 5.41) is 1.30. The smallest absolute Gasteiger partial charge is 0.153 e. The molecule has 0 aliphatic rings. The lowest BCUT2D eigenvalue weighted by atomic mass is 9.83. The zero-order valence-corrected chi connectivity index (χ0v) is 17.9. The highest BCUT2D eigenvalue weighted by molar-refractivity contribution is 6.34. The van der Waals surface area contributed by atoms with Gasteiger partial charge in [-0.05, 0) is 42.3 Å². The summed E-state index contributed by atoms with van der Waals surface area (Å²) >= 11 is 6.11. The van der Waals surface area contributed by atoms with Crippen LogP contribution in [0.5, 0.6) is 0 Å². The molecule has 0 saturated carbocycles. The SMILES string of the molecule is CC(C)(C)c1cc2c(F)c(CC(C)(C)c3cc4cc(F)cc(Cl)c4o3)ccc2o1. The maximum atomic E-state index is 15.3. The second-order valence-electron chi connectivity index (χ2n) is 9.29. The lowest BCUT2D eigenvalue weighted by Crippen LogP contribution is -2.20. The highest BCUT2D eigenvalue weighted by Crippen LogP contribution is 2.37. The quantitative estimate of drug-likeness (QED) is 0.339. The summed E-state index contributed by atoms with van der Waals surface area (Å²) < 4.78 is 40.7. The topological polar surface area (TPSA) is 26.3 Å². The Balaban J connectivity index is 1.73. The van der Waals surface area contributed by atoms with Gasteiger partial charge in [0.15, 0.2) is 5.58 Å². The molecule has 5 heteroatoms. The first-order chi connectivity index (χ1) is 13.5.